The van der Waals surface area contributed by atoms with Crippen LogP contribution in [0.2, 0.25) is 0 Å². The van der Waals surface area contributed by atoms with Gasteiger partial charge in [-0.2, -0.15) is 11.8 Å². The molecule has 0 aromatic rings. The molecule has 4 nitrogen and oxygen atoms in total. The number of carbonyl (C=O) groups is 1. The van der Waals surface area contributed by atoms with E-state index < -0.39 is 0 Å². The van der Waals surface area contributed by atoms with Crippen molar-refractivity contribution in [3.63, 3.8) is 0 Å². The summed E-state index contributed by atoms with van der Waals surface area (Å²) < 4.78 is 5.66. The second kappa shape index (κ2) is 8.12. The minimum atomic E-state index is 0.145. The summed E-state index contributed by atoms with van der Waals surface area (Å²) in [5, 5.41) is 0. The first-order chi connectivity index (χ1) is 8.93. The van der Waals surface area contributed by atoms with Gasteiger partial charge in [-0.05, 0) is 46.2 Å². The van der Waals surface area contributed by atoms with Crippen molar-refractivity contribution in [3.05, 3.63) is 0 Å². The Balaban J connectivity index is 2.40. The van der Waals surface area contributed by atoms with E-state index >= 15 is 0 Å². The Morgan fingerprint density at radius 2 is 2.00 bits per heavy atom. The standard InChI is InChI=1S/C14H28N2O2S/c1-11(6-7-19-5)15(4)10-14(17)16-8-12(2)18-13(3)9-16/h11-13H,6-10H2,1-5H3/t11-,12-,13+/m1/s1. The van der Waals surface area contributed by atoms with Crippen LogP contribution < -0.4 is 0 Å². The Morgan fingerprint density at radius 1 is 1.42 bits per heavy atom. The molecular formula is C14H28N2O2S. The number of morpholine rings is 1. The maximum atomic E-state index is 12.3. The van der Waals surface area contributed by atoms with Gasteiger partial charge in [-0.3, -0.25) is 9.69 Å². The van der Waals surface area contributed by atoms with Gasteiger partial charge in [0.2, 0.25) is 5.91 Å². The maximum absolute atomic E-state index is 12.3. The fourth-order valence-corrected chi connectivity index (χ4v) is 2.94. The lowest BCUT2D eigenvalue weighted by Crippen LogP contribution is -2.51. The molecule has 1 saturated heterocycles. The average molecular weight is 288 g/mol. The molecule has 1 aliphatic rings. The number of thioether (sulfide) groups is 1. The van der Waals surface area contributed by atoms with E-state index in [0.29, 0.717) is 12.6 Å². The van der Waals surface area contributed by atoms with Gasteiger partial charge in [-0.1, -0.05) is 0 Å². The number of likely N-dealkylation sites (N-methyl/N-ethyl adjacent to an activating group) is 1. The van der Waals surface area contributed by atoms with Crippen molar-refractivity contribution in [1.29, 1.82) is 0 Å². The molecular weight excluding hydrogens is 260 g/mol. The normalized spacial score (nSPS) is 25.7. The zero-order chi connectivity index (χ0) is 14.4. The molecule has 5 heteroatoms. The third kappa shape index (κ3) is 5.71. The van der Waals surface area contributed by atoms with Crippen LogP contribution in [0, 0.1) is 0 Å². The summed E-state index contributed by atoms with van der Waals surface area (Å²) in [5.74, 6) is 1.37. The fraction of sp³-hybridized carbons (Fsp3) is 0.929. The topological polar surface area (TPSA) is 32.8 Å². The highest BCUT2D eigenvalue weighted by Crippen LogP contribution is 2.12. The number of rotatable bonds is 6. The van der Waals surface area contributed by atoms with E-state index in [0.717, 1.165) is 25.3 Å². The van der Waals surface area contributed by atoms with Crippen molar-refractivity contribution in [2.45, 2.75) is 45.4 Å². The van der Waals surface area contributed by atoms with E-state index in [2.05, 4.69) is 18.1 Å². The second-order valence-electron chi connectivity index (χ2n) is 5.60. The maximum Gasteiger partial charge on any atom is 0.236 e. The Kier molecular flexibility index (Phi) is 7.18. The van der Waals surface area contributed by atoms with Crippen LogP contribution in [0.15, 0.2) is 0 Å². The van der Waals surface area contributed by atoms with E-state index in [4.69, 9.17) is 4.74 Å². The van der Waals surface area contributed by atoms with Gasteiger partial charge in [0.1, 0.15) is 0 Å². The van der Waals surface area contributed by atoms with Gasteiger partial charge < -0.3 is 9.64 Å². The van der Waals surface area contributed by atoms with Gasteiger partial charge in [-0.15, -0.1) is 0 Å². The highest BCUT2D eigenvalue weighted by atomic mass is 32.2. The predicted molar refractivity (Wildman–Crippen MR) is 81.7 cm³/mol. The third-order valence-electron chi connectivity index (χ3n) is 3.65. The first-order valence-electron chi connectivity index (χ1n) is 7.06. The summed E-state index contributed by atoms with van der Waals surface area (Å²) >= 11 is 1.86. The van der Waals surface area contributed by atoms with Gasteiger partial charge in [0.25, 0.3) is 0 Å². The molecule has 0 N–H and O–H groups in total. The van der Waals surface area contributed by atoms with Crippen LogP contribution >= 0.6 is 11.8 Å². The number of nitrogens with zero attached hydrogens (tertiary/aromatic N) is 2. The van der Waals surface area contributed by atoms with E-state index in [1.807, 2.05) is 37.6 Å². The SMILES string of the molecule is CSCC[C@@H](C)N(C)CC(=O)N1C[C@@H](C)O[C@@H](C)C1. The van der Waals surface area contributed by atoms with E-state index in [1.165, 1.54) is 0 Å². The third-order valence-corrected chi connectivity index (χ3v) is 4.29. The molecule has 19 heavy (non-hydrogen) atoms. The molecule has 3 atom stereocenters. The molecule has 0 spiro atoms. The van der Waals surface area contributed by atoms with Crippen molar-refractivity contribution in [3.8, 4) is 0 Å². The minimum absolute atomic E-state index is 0.145. The molecule has 0 bridgehead atoms. The summed E-state index contributed by atoms with van der Waals surface area (Å²) in [6, 6.07) is 0.451. The van der Waals surface area contributed by atoms with E-state index in [1.54, 1.807) is 0 Å². The van der Waals surface area contributed by atoms with Crippen molar-refractivity contribution in [2.75, 3.05) is 38.7 Å². The first-order valence-corrected chi connectivity index (χ1v) is 8.45. The summed E-state index contributed by atoms with van der Waals surface area (Å²) in [6.45, 7) is 8.19. The molecule has 112 valence electrons. The zero-order valence-electron chi connectivity index (χ0n) is 12.9. The molecule has 0 unspecified atom stereocenters. The van der Waals surface area contributed by atoms with Gasteiger partial charge >= 0.3 is 0 Å². The van der Waals surface area contributed by atoms with Crippen LogP contribution in [-0.4, -0.2) is 72.6 Å². The Hall–Kier alpha value is -0.260. The largest absolute Gasteiger partial charge is 0.372 e. The summed E-state index contributed by atoms with van der Waals surface area (Å²) in [7, 11) is 2.04. The van der Waals surface area contributed by atoms with Crippen molar-refractivity contribution < 1.29 is 9.53 Å². The Morgan fingerprint density at radius 3 is 2.53 bits per heavy atom. The lowest BCUT2D eigenvalue weighted by atomic mass is 10.2. The lowest BCUT2D eigenvalue weighted by molar-refractivity contribution is -0.144. The summed E-state index contributed by atoms with van der Waals surface area (Å²) in [5.41, 5.74) is 0. The Bertz CT molecular complexity index is 279. The molecule has 0 aromatic carbocycles. The number of ether oxygens (including phenoxy) is 1. The number of carbonyl (C=O) groups excluding carboxylic acids is 1. The predicted octanol–water partition coefficient (Wildman–Crippen LogP) is 1.70. The Labute approximate surface area is 121 Å². The average Bonchev–Trinajstić information content (AvgIpc) is 2.34. The molecule has 0 radical (unpaired) electrons. The van der Waals surface area contributed by atoms with Crippen LogP contribution in [0.5, 0.6) is 0 Å². The summed E-state index contributed by atoms with van der Waals surface area (Å²) in [4.78, 5) is 16.4. The molecule has 1 rings (SSSR count). The smallest absolute Gasteiger partial charge is 0.236 e. The first kappa shape index (κ1) is 16.8. The van der Waals surface area contributed by atoms with Crippen LogP contribution in [0.3, 0.4) is 0 Å². The van der Waals surface area contributed by atoms with Gasteiger partial charge in [0.15, 0.2) is 0 Å². The number of amides is 1. The van der Waals surface area contributed by atoms with Crippen molar-refractivity contribution in [2.24, 2.45) is 0 Å². The van der Waals surface area contributed by atoms with Gasteiger partial charge in [0.05, 0.1) is 18.8 Å². The van der Waals surface area contributed by atoms with Crippen molar-refractivity contribution in [1.82, 2.24) is 9.80 Å². The zero-order valence-corrected chi connectivity index (χ0v) is 13.7. The van der Waals surface area contributed by atoms with Crippen LogP contribution in [-0.2, 0) is 9.53 Å². The minimum Gasteiger partial charge on any atom is -0.372 e. The highest BCUT2D eigenvalue weighted by Gasteiger charge is 2.26. The van der Waals surface area contributed by atoms with Crippen LogP contribution in [0.4, 0.5) is 0 Å². The lowest BCUT2D eigenvalue weighted by Gasteiger charge is -2.36. The molecule has 1 aliphatic heterocycles. The fourth-order valence-electron chi connectivity index (χ4n) is 2.36. The molecule has 1 amide bonds. The van der Waals surface area contributed by atoms with E-state index in [-0.39, 0.29) is 18.1 Å². The molecule has 1 fully saturated rings. The van der Waals surface area contributed by atoms with Gasteiger partial charge in [-0.25, -0.2) is 0 Å². The molecule has 0 saturated carbocycles. The monoisotopic (exact) mass is 288 g/mol. The highest BCUT2D eigenvalue weighted by molar-refractivity contribution is 7.98. The second-order valence-corrected chi connectivity index (χ2v) is 6.59. The molecule has 1 heterocycles. The van der Waals surface area contributed by atoms with E-state index in [9.17, 15) is 4.79 Å². The molecule has 0 aromatic heterocycles. The number of hydrogen-bond acceptors (Lipinski definition) is 4. The van der Waals surface area contributed by atoms with Gasteiger partial charge in [0, 0.05) is 19.1 Å². The molecule has 0 aliphatic carbocycles. The van der Waals surface area contributed by atoms with Crippen molar-refractivity contribution >= 4 is 17.7 Å². The summed E-state index contributed by atoms with van der Waals surface area (Å²) in [6.07, 6.45) is 3.54. The van der Waals surface area contributed by atoms with Crippen LogP contribution in [0.1, 0.15) is 27.2 Å². The number of hydrogen-bond donors (Lipinski definition) is 0. The van der Waals surface area contributed by atoms with Crippen LogP contribution in [0.25, 0.3) is 0 Å². The quantitative estimate of drug-likeness (QED) is 0.745.